The second kappa shape index (κ2) is 10.2. The summed E-state index contributed by atoms with van der Waals surface area (Å²) in [5, 5.41) is 19.4. The molecule has 0 radical (unpaired) electrons. The first kappa shape index (κ1) is 22.7. The summed E-state index contributed by atoms with van der Waals surface area (Å²) >= 11 is 0. The quantitative estimate of drug-likeness (QED) is 0.492. The Morgan fingerprint density at radius 2 is 0.905 bits per heavy atom. The van der Waals surface area contributed by atoms with E-state index in [2.05, 4.69) is 0 Å². The number of carboxylic acids is 2. The van der Waals surface area contributed by atoms with Crippen molar-refractivity contribution in [2.45, 2.75) is 27.7 Å². The van der Waals surface area contributed by atoms with Crippen LogP contribution >= 0.6 is 0 Å². The predicted molar refractivity (Wildman–Crippen MR) is 87.4 cm³/mol. The van der Waals surface area contributed by atoms with E-state index in [0.717, 1.165) is 0 Å². The largest absolute Gasteiger partial charge is 2.00 e. The molecule has 114 valence electrons. The van der Waals surface area contributed by atoms with E-state index in [0.29, 0.717) is 0 Å². The molecule has 0 saturated carbocycles. The molecular formula is C16H24BaO4. The average molecular weight is 418 g/mol. The summed E-state index contributed by atoms with van der Waals surface area (Å²) < 4.78 is 0. The Bertz CT molecular complexity index is 414. The Hall–Kier alpha value is -0.529. The molecule has 0 bridgehead atoms. The van der Waals surface area contributed by atoms with E-state index in [1.165, 1.54) is 24.3 Å². The standard InChI is InChI=1S/C16H22O4.Ba.2H/c1-5-9-15(10-6-2,13(17)18)16(11-7-3,12-8-4)14(19)20;;;/h5-12H,1-4H3,(H,17,18)(H,19,20);;;/q;+2;2*-1. The van der Waals surface area contributed by atoms with Gasteiger partial charge in [0.2, 0.25) is 0 Å². The van der Waals surface area contributed by atoms with Crippen LogP contribution in [0.2, 0.25) is 0 Å². The topological polar surface area (TPSA) is 74.6 Å². The first-order valence-corrected chi connectivity index (χ1v) is 6.40. The van der Waals surface area contributed by atoms with Gasteiger partial charge in [0, 0.05) is 0 Å². The molecule has 0 amide bonds. The summed E-state index contributed by atoms with van der Waals surface area (Å²) in [6, 6.07) is 0. The van der Waals surface area contributed by atoms with Gasteiger partial charge in [-0.2, -0.15) is 0 Å². The fourth-order valence-corrected chi connectivity index (χ4v) is 2.35. The normalized spacial score (nSPS) is 17.9. The molecule has 0 atom stereocenters. The summed E-state index contributed by atoms with van der Waals surface area (Å²) in [4.78, 5) is 23.7. The molecular weight excluding hydrogens is 394 g/mol. The molecule has 0 saturated heterocycles. The van der Waals surface area contributed by atoms with Crippen molar-refractivity contribution >= 4 is 60.8 Å². The van der Waals surface area contributed by atoms with Gasteiger partial charge in [0.25, 0.3) is 0 Å². The Balaban J connectivity index is -0.000000602. The van der Waals surface area contributed by atoms with Gasteiger partial charge < -0.3 is 13.1 Å². The van der Waals surface area contributed by atoms with Crippen molar-refractivity contribution in [3.05, 3.63) is 48.6 Å². The Morgan fingerprint density at radius 3 is 1.00 bits per heavy atom. The van der Waals surface area contributed by atoms with Crippen molar-refractivity contribution in [2.24, 2.45) is 10.8 Å². The smallest absolute Gasteiger partial charge is 1.00 e. The van der Waals surface area contributed by atoms with Crippen molar-refractivity contribution in [1.29, 1.82) is 0 Å². The SMILES string of the molecule is CC=CC(C=CC)(C(=O)O)C(C=CC)(C=CC)C(=O)O.[Ba+2].[H-].[H-]. The number of hydrogen-bond donors (Lipinski definition) is 2. The van der Waals surface area contributed by atoms with E-state index in [9.17, 15) is 19.8 Å². The Labute approximate surface area is 169 Å². The molecule has 2 N–H and O–H groups in total. The molecule has 0 aliphatic rings. The number of aliphatic carboxylic acids is 2. The molecule has 0 aromatic heterocycles. The van der Waals surface area contributed by atoms with Crippen LogP contribution in [0.4, 0.5) is 0 Å². The third-order valence-electron chi connectivity index (χ3n) is 3.11. The van der Waals surface area contributed by atoms with E-state index in [1.54, 1.807) is 52.0 Å². The maximum Gasteiger partial charge on any atom is 2.00 e. The fraction of sp³-hybridized carbons (Fsp3) is 0.375. The minimum absolute atomic E-state index is 0. The van der Waals surface area contributed by atoms with Crippen LogP contribution in [-0.4, -0.2) is 71.0 Å². The molecule has 0 heterocycles. The minimum Gasteiger partial charge on any atom is -1.00 e. The zero-order valence-electron chi connectivity index (χ0n) is 15.0. The molecule has 0 unspecified atom stereocenters. The predicted octanol–water partition coefficient (Wildman–Crippen LogP) is 3.28. The summed E-state index contributed by atoms with van der Waals surface area (Å²) in [6.07, 6.45) is 11.8. The summed E-state index contributed by atoms with van der Waals surface area (Å²) in [6.45, 7) is 6.66. The van der Waals surface area contributed by atoms with Crippen LogP contribution in [0.1, 0.15) is 30.5 Å². The maximum atomic E-state index is 11.9. The monoisotopic (exact) mass is 418 g/mol. The summed E-state index contributed by atoms with van der Waals surface area (Å²) in [5.41, 5.74) is -3.36. The Morgan fingerprint density at radius 1 is 0.714 bits per heavy atom. The van der Waals surface area contributed by atoms with Gasteiger partial charge in [-0.3, -0.25) is 9.59 Å². The van der Waals surface area contributed by atoms with Crippen LogP contribution in [0.3, 0.4) is 0 Å². The molecule has 0 fully saturated rings. The molecule has 0 aromatic rings. The van der Waals surface area contributed by atoms with Crippen LogP contribution in [-0.2, 0) is 9.59 Å². The zero-order chi connectivity index (χ0) is 15.8. The third-order valence-corrected chi connectivity index (χ3v) is 3.11. The molecule has 0 aliphatic heterocycles. The second-order valence-electron chi connectivity index (χ2n) is 4.35. The van der Waals surface area contributed by atoms with Crippen molar-refractivity contribution in [1.82, 2.24) is 0 Å². The fourth-order valence-electron chi connectivity index (χ4n) is 2.35. The van der Waals surface area contributed by atoms with Crippen LogP contribution in [0.25, 0.3) is 0 Å². The zero-order valence-corrected chi connectivity index (χ0v) is 17.5. The third kappa shape index (κ3) is 4.47. The van der Waals surface area contributed by atoms with Crippen LogP contribution in [0.15, 0.2) is 48.6 Å². The van der Waals surface area contributed by atoms with Crippen LogP contribution < -0.4 is 0 Å². The van der Waals surface area contributed by atoms with Gasteiger partial charge in [0.15, 0.2) is 0 Å². The number of carbonyl (C=O) groups is 2. The summed E-state index contributed by atoms with van der Waals surface area (Å²) in [7, 11) is 0. The number of rotatable bonds is 7. The van der Waals surface area contributed by atoms with Gasteiger partial charge in [-0.1, -0.05) is 48.6 Å². The number of carboxylic acid groups (broad SMARTS) is 2. The van der Waals surface area contributed by atoms with E-state index < -0.39 is 22.8 Å². The van der Waals surface area contributed by atoms with Gasteiger partial charge in [0.1, 0.15) is 10.8 Å². The van der Waals surface area contributed by atoms with E-state index in [-0.39, 0.29) is 51.7 Å². The van der Waals surface area contributed by atoms with Gasteiger partial charge >= 0.3 is 60.8 Å². The van der Waals surface area contributed by atoms with E-state index in [1.807, 2.05) is 0 Å². The molecule has 5 heteroatoms. The maximum absolute atomic E-state index is 11.9. The number of hydrogen-bond acceptors (Lipinski definition) is 2. The van der Waals surface area contributed by atoms with Crippen LogP contribution in [0, 0.1) is 10.8 Å². The Kier molecular flexibility index (Phi) is 11.1. The van der Waals surface area contributed by atoms with E-state index in [4.69, 9.17) is 0 Å². The van der Waals surface area contributed by atoms with Gasteiger partial charge in [-0.15, -0.1) is 0 Å². The van der Waals surface area contributed by atoms with Crippen molar-refractivity contribution in [3.63, 3.8) is 0 Å². The van der Waals surface area contributed by atoms with Crippen molar-refractivity contribution in [3.8, 4) is 0 Å². The van der Waals surface area contributed by atoms with Gasteiger partial charge in [-0.25, -0.2) is 0 Å². The van der Waals surface area contributed by atoms with Crippen molar-refractivity contribution in [2.75, 3.05) is 0 Å². The second-order valence-corrected chi connectivity index (χ2v) is 4.35. The molecule has 0 aromatic carbocycles. The summed E-state index contributed by atoms with van der Waals surface area (Å²) in [5.74, 6) is -2.43. The minimum atomic E-state index is -1.68. The van der Waals surface area contributed by atoms with Crippen molar-refractivity contribution < 1.29 is 22.7 Å². The van der Waals surface area contributed by atoms with E-state index >= 15 is 0 Å². The molecule has 0 rings (SSSR count). The first-order valence-electron chi connectivity index (χ1n) is 6.40. The van der Waals surface area contributed by atoms with Crippen LogP contribution in [0.5, 0.6) is 0 Å². The van der Waals surface area contributed by atoms with Gasteiger partial charge in [0.05, 0.1) is 0 Å². The average Bonchev–Trinajstić information content (AvgIpc) is 2.37. The molecule has 0 spiro atoms. The number of allylic oxidation sites excluding steroid dienone is 4. The molecule has 21 heavy (non-hydrogen) atoms. The van der Waals surface area contributed by atoms with Gasteiger partial charge in [-0.05, 0) is 27.7 Å². The first-order chi connectivity index (χ1) is 9.38. The molecule has 0 aliphatic carbocycles. The molecule has 4 nitrogen and oxygen atoms in total.